The van der Waals surface area contributed by atoms with E-state index < -0.39 is 26.6 Å². The molecule has 0 aliphatic rings. The zero-order valence-electron chi connectivity index (χ0n) is 10.2. The number of imidazole rings is 1. The SMILES string of the molecule is NS(=O)(=O)c1cc(F)c(-n2cnc3cncnc32)cc1F. The third kappa shape index (κ3) is 2.23. The summed E-state index contributed by atoms with van der Waals surface area (Å²) >= 11 is 0. The lowest BCUT2D eigenvalue weighted by atomic mass is 10.3. The number of aromatic nitrogens is 4. The van der Waals surface area contributed by atoms with Crippen LogP contribution in [0.15, 0.2) is 35.9 Å². The molecule has 10 heteroatoms. The van der Waals surface area contributed by atoms with Gasteiger partial charge in [0.1, 0.15) is 34.7 Å². The fraction of sp³-hybridized carbons (Fsp3) is 0. The number of benzene rings is 1. The molecule has 0 saturated carbocycles. The fourth-order valence-corrected chi connectivity index (χ4v) is 2.46. The number of sulfonamides is 1. The van der Waals surface area contributed by atoms with Crippen molar-refractivity contribution in [3.63, 3.8) is 0 Å². The lowest BCUT2D eigenvalue weighted by molar-refractivity contribution is 0.551. The summed E-state index contributed by atoms with van der Waals surface area (Å²) in [5, 5.41) is 4.81. The molecule has 2 aromatic heterocycles. The quantitative estimate of drug-likeness (QED) is 0.751. The van der Waals surface area contributed by atoms with Gasteiger partial charge in [-0.3, -0.25) is 4.57 Å². The van der Waals surface area contributed by atoms with Gasteiger partial charge in [0.25, 0.3) is 0 Å². The number of rotatable bonds is 2. The maximum Gasteiger partial charge on any atom is 0.241 e. The van der Waals surface area contributed by atoms with Crippen molar-refractivity contribution >= 4 is 21.2 Å². The van der Waals surface area contributed by atoms with Gasteiger partial charge in [0.15, 0.2) is 5.65 Å². The average Bonchev–Trinajstić information content (AvgIpc) is 2.83. The summed E-state index contributed by atoms with van der Waals surface area (Å²) < 4.78 is 51.4. The molecular formula is C11H7F2N5O2S. The average molecular weight is 311 g/mol. The molecule has 0 bridgehead atoms. The normalized spacial score (nSPS) is 12.0. The Morgan fingerprint density at radius 2 is 1.90 bits per heavy atom. The van der Waals surface area contributed by atoms with Crippen molar-refractivity contribution in [3.8, 4) is 5.69 Å². The molecule has 108 valence electrons. The highest BCUT2D eigenvalue weighted by Crippen LogP contribution is 2.23. The third-order valence-corrected chi connectivity index (χ3v) is 3.71. The van der Waals surface area contributed by atoms with Crippen molar-refractivity contribution in [3.05, 3.63) is 42.6 Å². The second kappa shape index (κ2) is 4.53. The molecule has 0 spiro atoms. The van der Waals surface area contributed by atoms with Crippen LogP contribution < -0.4 is 5.14 Å². The maximum atomic E-state index is 14.1. The Hall–Kier alpha value is -2.46. The Balaban J connectivity index is 2.27. The zero-order valence-corrected chi connectivity index (χ0v) is 11.1. The van der Waals surface area contributed by atoms with Crippen molar-refractivity contribution in [1.29, 1.82) is 0 Å². The number of hydrogen-bond donors (Lipinski definition) is 1. The third-order valence-electron chi connectivity index (χ3n) is 2.78. The van der Waals surface area contributed by atoms with Crippen molar-refractivity contribution in [2.45, 2.75) is 4.90 Å². The van der Waals surface area contributed by atoms with Crippen LogP contribution >= 0.6 is 0 Å². The molecule has 0 aliphatic carbocycles. The molecule has 0 saturated heterocycles. The van der Waals surface area contributed by atoms with E-state index in [0.717, 1.165) is 6.07 Å². The second-order valence-corrected chi connectivity index (χ2v) is 5.66. The number of fused-ring (bicyclic) bond motifs is 1. The Morgan fingerprint density at radius 3 is 2.62 bits per heavy atom. The number of hydrogen-bond acceptors (Lipinski definition) is 5. The molecule has 0 aliphatic heterocycles. The van der Waals surface area contributed by atoms with E-state index in [2.05, 4.69) is 15.0 Å². The maximum absolute atomic E-state index is 14.1. The van der Waals surface area contributed by atoms with Crippen molar-refractivity contribution < 1.29 is 17.2 Å². The van der Waals surface area contributed by atoms with E-state index in [-0.39, 0.29) is 11.3 Å². The van der Waals surface area contributed by atoms with Crippen LogP contribution in [-0.2, 0) is 10.0 Å². The van der Waals surface area contributed by atoms with E-state index in [9.17, 15) is 17.2 Å². The lowest BCUT2D eigenvalue weighted by Crippen LogP contribution is -2.15. The van der Waals surface area contributed by atoms with Gasteiger partial charge < -0.3 is 0 Å². The predicted octanol–water partition coefficient (Wildman–Crippen LogP) is 0.741. The molecule has 7 nitrogen and oxygen atoms in total. The van der Waals surface area contributed by atoms with E-state index in [1.54, 1.807) is 0 Å². The van der Waals surface area contributed by atoms with Crippen LogP contribution in [0, 0.1) is 11.6 Å². The Kier molecular flexibility index (Phi) is 2.92. The Labute approximate surface area is 117 Å². The summed E-state index contributed by atoms with van der Waals surface area (Å²) in [6.45, 7) is 0. The smallest absolute Gasteiger partial charge is 0.241 e. The Bertz CT molecular complexity index is 954. The van der Waals surface area contributed by atoms with Gasteiger partial charge in [-0.1, -0.05) is 0 Å². The van der Waals surface area contributed by atoms with E-state index in [1.807, 2.05) is 0 Å². The number of nitrogens with two attached hydrogens (primary N) is 1. The summed E-state index contributed by atoms with van der Waals surface area (Å²) in [5.74, 6) is -2.14. The van der Waals surface area contributed by atoms with Crippen LogP contribution in [0.3, 0.4) is 0 Å². The van der Waals surface area contributed by atoms with Crippen LogP contribution in [0.25, 0.3) is 16.9 Å². The standard InChI is InChI=1S/C11H7F2N5O2S/c12-6-2-10(21(14,19)20)7(13)1-9(6)18-5-17-8-3-15-4-16-11(8)18/h1-5H,(H2,14,19,20). The van der Waals surface area contributed by atoms with E-state index in [0.29, 0.717) is 11.6 Å². The van der Waals surface area contributed by atoms with Gasteiger partial charge in [0.05, 0.1) is 11.9 Å². The van der Waals surface area contributed by atoms with Gasteiger partial charge in [0.2, 0.25) is 10.0 Å². The highest BCUT2D eigenvalue weighted by molar-refractivity contribution is 7.89. The minimum Gasteiger partial charge on any atom is -0.280 e. The van der Waals surface area contributed by atoms with Gasteiger partial charge in [-0.05, 0) is 6.07 Å². The molecule has 3 rings (SSSR count). The molecule has 1 aromatic carbocycles. The largest absolute Gasteiger partial charge is 0.280 e. The molecule has 0 atom stereocenters. The van der Waals surface area contributed by atoms with Crippen LogP contribution in [0.5, 0.6) is 0 Å². The van der Waals surface area contributed by atoms with Crippen LogP contribution in [0.1, 0.15) is 0 Å². The molecule has 0 radical (unpaired) electrons. The van der Waals surface area contributed by atoms with Gasteiger partial charge in [-0.25, -0.2) is 37.3 Å². The zero-order chi connectivity index (χ0) is 15.2. The topological polar surface area (TPSA) is 104 Å². The van der Waals surface area contributed by atoms with Gasteiger partial charge in [-0.2, -0.15) is 0 Å². The predicted molar refractivity (Wildman–Crippen MR) is 67.9 cm³/mol. The monoisotopic (exact) mass is 311 g/mol. The first-order valence-electron chi connectivity index (χ1n) is 5.53. The highest BCUT2D eigenvalue weighted by atomic mass is 32.2. The van der Waals surface area contributed by atoms with Crippen molar-refractivity contribution in [2.75, 3.05) is 0 Å². The first-order valence-corrected chi connectivity index (χ1v) is 7.08. The molecule has 2 N–H and O–H groups in total. The number of nitrogens with zero attached hydrogens (tertiary/aromatic N) is 4. The summed E-state index contributed by atoms with van der Waals surface area (Å²) in [5.41, 5.74) is 0.403. The van der Waals surface area contributed by atoms with Crippen molar-refractivity contribution in [2.24, 2.45) is 5.14 Å². The summed E-state index contributed by atoms with van der Waals surface area (Å²) in [6, 6.07) is 1.24. The molecule has 0 fully saturated rings. The number of halogens is 2. The van der Waals surface area contributed by atoms with Gasteiger partial charge >= 0.3 is 0 Å². The molecule has 0 amide bonds. The highest BCUT2D eigenvalue weighted by Gasteiger charge is 2.20. The van der Waals surface area contributed by atoms with E-state index in [1.165, 1.54) is 23.4 Å². The minimum atomic E-state index is -4.35. The molecule has 3 aromatic rings. The van der Waals surface area contributed by atoms with Crippen LogP contribution in [-0.4, -0.2) is 27.9 Å². The number of primary sulfonamides is 1. The lowest BCUT2D eigenvalue weighted by Gasteiger charge is -2.08. The van der Waals surface area contributed by atoms with Crippen LogP contribution in [0.2, 0.25) is 0 Å². The molecule has 21 heavy (non-hydrogen) atoms. The van der Waals surface area contributed by atoms with E-state index in [4.69, 9.17) is 5.14 Å². The summed E-state index contributed by atoms with van der Waals surface area (Å²) in [6.07, 6.45) is 3.87. The van der Waals surface area contributed by atoms with Crippen molar-refractivity contribution in [1.82, 2.24) is 19.5 Å². The fourth-order valence-electron chi connectivity index (χ4n) is 1.86. The second-order valence-electron chi connectivity index (χ2n) is 4.13. The molecule has 0 unspecified atom stereocenters. The van der Waals surface area contributed by atoms with E-state index >= 15 is 0 Å². The Morgan fingerprint density at radius 1 is 1.14 bits per heavy atom. The molecule has 2 heterocycles. The first kappa shape index (κ1) is 13.5. The first-order chi connectivity index (χ1) is 9.88. The summed E-state index contributed by atoms with van der Waals surface area (Å²) in [4.78, 5) is 10.7. The van der Waals surface area contributed by atoms with Gasteiger partial charge in [-0.15, -0.1) is 0 Å². The van der Waals surface area contributed by atoms with Crippen LogP contribution in [0.4, 0.5) is 8.78 Å². The summed E-state index contributed by atoms with van der Waals surface area (Å²) in [7, 11) is -4.35. The minimum absolute atomic E-state index is 0.235. The van der Waals surface area contributed by atoms with Gasteiger partial charge in [0, 0.05) is 6.07 Å². The molecular weight excluding hydrogens is 304 g/mol.